The van der Waals surface area contributed by atoms with Crippen molar-refractivity contribution in [1.82, 2.24) is 14.7 Å². The number of alkyl halides is 1. The Labute approximate surface area is 103 Å². The summed E-state index contributed by atoms with van der Waals surface area (Å²) in [4.78, 5) is 24.0. The van der Waals surface area contributed by atoms with Gasteiger partial charge < -0.3 is 10.0 Å². The van der Waals surface area contributed by atoms with E-state index in [9.17, 15) is 14.0 Å². The third kappa shape index (κ3) is 1.96. The maximum absolute atomic E-state index is 13.8. The zero-order chi connectivity index (χ0) is 13.5. The summed E-state index contributed by atoms with van der Waals surface area (Å²) in [6, 6.07) is 1.60. The summed E-state index contributed by atoms with van der Waals surface area (Å²) in [6.45, 7) is 1.47. The molecule has 1 aromatic heterocycles. The molecule has 1 atom stereocenters. The van der Waals surface area contributed by atoms with Gasteiger partial charge in [0.25, 0.3) is 5.91 Å². The average molecular weight is 255 g/mol. The maximum atomic E-state index is 13.8. The monoisotopic (exact) mass is 255 g/mol. The number of hydrogen-bond acceptors (Lipinski definition) is 3. The highest BCUT2D eigenvalue weighted by molar-refractivity contribution is 5.93. The number of nitrogens with zero attached hydrogens (tertiary/aromatic N) is 3. The first-order valence-corrected chi connectivity index (χ1v) is 5.56. The highest BCUT2D eigenvalue weighted by atomic mass is 19.1. The molecule has 0 saturated carbocycles. The quantitative estimate of drug-likeness (QED) is 0.828. The van der Waals surface area contributed by atoms with Gasteiger partial charge in [-0.15, -0.1) is 0 Å². The van der Waals surface area contributed by atoms with Crippen LogP contribution in [0, 0.1) is 6.92 Å². The normalized spacial score (nSPS) is 23.4. The summed E-state index contributed by atoms with van der Waals surface area (Å²) in [5.41, 5.74) is -1.31. The Kier molecular flexibility index (Phi) is 2.84. The number of rotatable bonds is 2. The summed E-state index contributed by atoms with van der Waals surface area (Å²) in [7, 11) is 1.70. The molecule has 6 nitrogen and oxygen atoms in total. The minimum atomic E-state index is -2.33. The Balaban J connectivity index is 2.15. The third-order valence-corrected chi connectivity index (χ3v) is 3.22. The van der Waals surface area contributed by atoms with E-state index < -0.39 is 24.1 Å². The summed E-state index contributed by atoms with van der Waals surface area (Å²) in [6.07, 6.45) is -0.181. The molecule has 0 radical (unpaired) electrons. The van der Waals surface area contributed by atoms with Gasteiger partial charge in [0.05, 0.1) is 6.54 Å². The smallest absolute Gasteiger partial charge is 0.343 e. The lowest BCUT2D eigenvalue weighted by Gasteiger charge is -2.16. The van der Waals surface area contributed by atoms with E-state index >= 15 is 0 Å². The van der Waals surface area contributed by atoms with E-state index in [0.717, 1.165) is 5.69 Å². The first kappa shape index (κ1) is 12.5. The molecule has 7 heteroatoms. The topological polar surface area (TPSA) is 75.4 Å². The van der Waals surface area contributed by atoms with E-state index in [1.165, 1.54) is 4.90 Å². The van der Waals surface area contributed by atoms with Crippen molar-refractivity contribution in [2.24, 2.45) is 7.05 Å². The SMILES string of the molecule is Cc1cc(C(=O)N2CCC(F)(C(=O)O)C2)nn1C. The standard InChI is InChI=1S/C11H14FN3O3/c1-7-5-8(13-14(7)2)9(16)15-4-3-11(12,6-15)10(17)18/h5H,3-4,6H2,1-2H3,(H,17,18). The lowest BCUT2D eigenvalue weighted by atomic mass is 10.1. The van der Waals surface area contributed by atoms with Gasteiger partial charge in [-0.1, -0.05) is 0 Å². The average Bonchev–Trinajstić information content (AvgIpc) is 2.84. The van der Waals surface area contributed by atoms with Crippen LogP contribution in [0.3, 0.4) is 0 Å². The zero-order valence-corrected chi connectivity index (χ0v) is 10.2. The molecule has 1 aliphatic rings. The van der Waals surface area contributed by atoms with Gasteiger partial charge in [0.1, 0.15) is 0 Å². The van der Waals surface area contributed by atoms with Gasteiger partial charge >= 0.3 is 5.97 Å². The molecule has 0 bridgehead atoms. The fourth-order valence-electron chi connectivity index (χ4n) is 1.95. The van der Waals surface area contributed by atoms with Gasteiger partial charge in [0, 0.05) is 25.7 Å². The molecular weight excluding hydrogens is 241 g/mol. The lowest BCUT2D eigenvalue weighted by Crippen LogP contribution is -2.39. The molecule has 0 aliphatic carbocycles. The van der Waals surface area contributed by atoms with Crippen LogP contribution in [0.2, 0.25) is 0 Å². The summed E-state index contributed by atoms with van der Waals surface area (Å²) in [5.74, 6) is -1.95. The zero-order valence-electron chi connectivity index (χ0n) is 10.2. The largest absolute Gasteiger partial charge is 0.479 e. The van der Waals surface area contributed by atoms with E-state index in [4.69, 9.17) is 5.11 Å². The van der Waals surface area contributed by atoms with Crippen molar-refractivity contribution in [1.29, 1.82) is 0 Å². The predicted octanol–water partition coefficient (Wildman–Crippen LogP) is 0.367. The van der Waals surface area contributed by atoms with Crippen LogP contribution in [-0.2, 0) is 11.8 Å². The van der Waals surface area contributed by atoms with Gasteiger partial charge in [-0.05, 0) is 13.0 Å². The maximum Gasteiger partial charge on any atom is 0.343 e. The Morgan fingerprint density at radius 3 is 2.67 bits per heavy atom. The Morgan fingerprint density at radius 1 is 1.56 bits per heavy atom. The van der Waals surface area contributed by atoms with Crippen LogP contribution >= 0.6 is 0 Å². The number of hydrogen-bond donors (Lipinski definition) is 1. The second-order valence-corrected chi connectivity index (χ2v) is 4.54. The molecule has 1 fully saturated rings. The highest BCUT2D eigenvalue weighted by Crippen LogP contribution is 2.26. The number of likely N-dealkylation sites (tertiary alicyclic amines) is 1. The second-order valence-electron chi connectivity index (χ2n) is 4.54. The van der Waals surface area contributed by atoms with Crippen molar-refractivity contribution in [2.75, 3.05) is 13.1 Å². The van der Waals surface area contributed by atoms with Crippen LogP contribution < -0.4 is 0 Å². The number of aryl methyl sites for hydroxylation is 2. The second kappa shape index (κ2) is 4.08. The number of carboxylic acid groups (broad SMARTS) is 1. The Bertz CT molecular complexity index is 494. The number of aromatic nitrogens is 2. The van der Waals surface area contributed by atoms with E-state index in [1.807, 2.05) is 0 Å². The molecular formula is C11H14FN3O3. The van der Waals surface area contributed by atoms with E-state index in [0.29, 0.717) is 0 Å². The lowest BCUT2D eigenvalue weighted by molar-refractivity contribution is -0.149. The van der Waals surface area contributed by atoms with E-state index in [-0.39, 0.29) is 18.7 Å². The molecule has 0 aromatic carbocycles. The third-order valence-electron chi connectivity index (χ3n) is 3.22. The number of amides is 1. The van der Waals surface area contributed by atoms with Gasteiger partial charge in [0.15, 0.2) is 5.69 Å². The minimum absolute atomic E-state index is 0.0945. The van der Waals surface area contributed by atoms with Crippen LogP contribution in [0.15, 0.2) is 6.07 Å². The summed E-state index contributed by atoms with van der Waals surface area (Å²) < 4.78 is 15.4. The molecule has 1 unspecified atom stereocenters. The van der Waals surface area contributed by atoms with E-state index in [2.05, 4.69) is 5.10 Å². The van der Waals surface area contributed by atoms with Gasteiger partial charge in [-0.25, -0.2) is 9.18 Å². The molecule has 1 aromatic rings. The van der Waals surface area contributed by atoms with Crippen LogP contribution in [0.1, 0.15) is 22.6 Å². The van der Waals surface area contributed by atoms with Gasteiger partial charge in [-0.3, -0.25) is 9.48 Å². The van der Waals surface area contributed by atoms with Gasteiger partial charge in [-0.2, -0.15) is 5.10 Å². The van der Waals surface area contributed by atoms with Crippen molar-refractivity contribution in [3.8, 4) is 0 Å². The molecule has 2 heterocycles. The van der Waals surface area contributed by atoms with Gasteiger partial charge in [0.2, 0.25) is 5.67 Å². The van der Waals surface area contributed by atoms with Crippen LogP contribution in [0.5, 0.6) is 0 Å². The molecule has 1 aliphatic heterocycles. The molecule has 1 amide bonds. The highest BCUT2D eigenvalue weighted by Gasteiger charge is 2.47. The van der Waals surface area contributed by atoms with Crippen molar-refractivity contribution in [3.63, 3.8) is 0 Å². The fraction of sp³-hybridized carbons (Fsp3) is 0.545. The number of halogens is 1. The molecule has 0 spiro atoms. The molecule has 1 saturated heterocycles. The fourth-order valence-corrected chi connectivity index (χ4v) is 1.95. The molecule has 2 rings (SSSR count). The number of carboxylic acids is 1. The van der Waals surface area contributed by atoms with Crippen molar-refractivity contribution in [3.05, 3.63) is 17.5 Å². The minimum Gasteiger partial charge on any atom is -0.479 e. The number of carbonyl (C=O) groups excluding carboxylic acids is 1. The van der Waals surface area contributed by atoms with Crippen LogP contribution in [-0.4, -0.2) is 50.4 Å². The van der Waals surface area contributed by atoms with Crippen molar-refractivity contribution in [2.45, 2.75) is 19.0 Å². The Morgan fingerprint density at radius 2 is 2.22 bits per heavy atom. The van der Waals surface area contributed by atoms with Crippen LogP contribution in [0.25, 0.3) is 0 Å². The number of aliphatic carboxylic acids is 1. The first-order chi connectivity index (χ1) is 8.33. The van der Waals surface area contributed by atoms with E-state index in [1.54, 1.807) is 24.7 Å². The van der Waals surface area contributed by atoms with Crippen molar-refractivity contribution >= 4 is 11.9 Å². The summed E-state index contributed by atoms with van der Waals surface area (Å²) >= 11 is 0. The Hall–Kier alpha value is -1.92. The number of carbonyl (C=O) groups is 2. The predicted molar refractivity (Wildman–Crippen MR) is 59.9 cm³/mol. The molecule has 18 heavy (non-hydrogen) atoms. The first-order valence-electron chi connectivity index (χ1n) is 5.56. The summed E-state index contributed by atoms with van der Waals surface area (Å²) in [5, 5.41) is 12.8. The van der Waals surface area contributed by atoms with Crippen molar-refractivity contribution < 1.29 is 19.1 Å². The molecule has 98 valence electrons. The molecule has 1 N–H and O–H groups in total. The van der Waals surface area contributed by atoms with Crippen LogP contribution in [0.4, 0.5) is 4.39 Å².